The maximum atomic E-state index is 11.7. The van der Waals surface area contributed by atoms with Crippen molar-refractivity contribution in [2.75, 3.05) is 0 Å². The molecule has 1 aliphatic rings. The molecule has 0 amide bonds. The highest BCUT2D eigenvalue weighted by molar-refractivity contribution is 5.74. The molecule has 0 saturated heterocycles. The first-order chi connectivity index (χ1) is 8.82. The Kier molecular flexibility index (Phi) is 3.12. The molecule has 4 heteroatoms. The second-order valence-corrected chi connectivity index (χ2v) is 6.01. The first kappa shape index (κ1) is 13.6. The van der Waals surface area contributed by atoms with Gasteiger partial charge in [0.1, 0.15) is 12.0 Å². The van der Waals surface area contributed by atoms with Gasteiger partial charge >= 0.3 is 0 Å². The first-order valence-corrected chi connectivity index (χ1v) is 6.42. The summed E-state index contributed by atoms with van der Waals surface area (Å²) >= 11 is 0. The molecule has 102 valence electrons. The highest BCUT2D eigenvalue weighted by atomic mass is 16.3. The molecule has 1 aromatic heterocycles. The molecule has 19 heavy (non-hydrogen) atoms. The summed E-state index contributed by atoms with van der Waals surface area (Å²) in [5.74, 6) is 0.113. The minimum atomic E-state index is -0.826. The number of hydrogen-bond acceptors (Lipinski definition) is 3. The zero-order valence-electron chi connectivity index (χ0n) is 11.8. The molecule has 1 unspecified atom stereocenters. The number of aryl methyl sites for hydroxylation is 1. The number of aromatic nitrogens is 2. The summed E-state index contributed by atoms with van der Waals surface area (Å²) in [5, 5.41) is 14.7. The summed E-state index contributed by atoms with van der Waals surface area (Å²) in [5.41, 5.74) is 0.00150. The fourth-order valence-electron chi connectivity index (χ4n) is 2.38. The van der Waals surface area contributed by atoms with Gasteiger partial charge in [0, 0.05) is 0 Å². The molecule has 0 saturated carbocycles. The van der Waals surface area contributed by atoms with Crippen LogP contribution in [0, 0.1) is 6.92 Å². The SMILES string of the molecule is Cc1nn(C(C)(C)C)c(C2(C=O)C=CC=CC2)c1O. The number of allylic oxidation sites excluding steroid dienone is 4. The summed E-state index contributed by atoms with van der Waals surface area (Å²) in [6.07, 6.45) is 8.95. The van der Waals surface area contributed by atoms with Gasteiger partial charge in [-0.2, -0.15) is 5.10 Å². The number of hydrogen-bond donors (Lipinski definition) is 1. The molecule has 1 heterocycles. The third-order valence-corrected chi connectivity index (χ3v) is 3.41. The summed E-state index contributed by atoms with van der Waals surface area (Å²) < 4.78 is 1.76. The van der Waals surface area contributed by atoms with Crippen molar-refractivity contribution in [1.29, 1.82) is 0 Å². The van der Waals surface area contributed by atoms with E-state index in [-0.39, 0.29) is 11.3 Å². The van der Waals surface area contributed by atoms with Crippen molar-refractivity contribution in [3.05, 3.63) is 35.7 Å². The molecule has 0 aromatic carbocycles. The molecular weight excluding hydrogens is 240 g/mol. The summed E-state index contributed by atoms with van der Waals surface area (Å²) in [6, 6.07) is 0. The minimum absolute atomic E-state index is 0.113. The quantitative estimate of drug-likeness (QED) is 0.832. The van der Waals surface area contributed by atoms with E-state index in [4.69, 9.17) is 0 Å². The van der Waals surface area contributed by atoms with E-state index in [1.54, 1.807) is 11.6 Å². The van der Waals surface area contributed by atoms with Gasteiger partial charge in [0.2, 0.25) is 0 Å². The number of carbonyl (C=O) groups is 1. The van der Waals surface area contributed by atoms with Gasteiger partial charge in [0.15, 0.2) is 5.75 Å². The number of aldehydes is 1. The van der Waals surface area contributed by atoms with Gasteiger partial charge in [0.05, 0.1) is 16.6 Å². The number of carbonyl (C=O) groups excluding carboxylic acids is 1. The highest BCUT2D eigenvalue weighted by Crippen LogP contribution is 2.40. The van der Waals surface area contributed by atoms with Gasteiger partial charge < -0.3 is 9.90 Å². The van der Waals surface area contributed by atoms with Crippen LogP contribution >= 0.6 is 0 Å². The van der Waals surface area contributed by atoms with E-state index in [1.807, 2.05) is 45.1 Å². The largest absolute Gasteiger partial charge is 0.504 e. The van der Waals surface area contributed by atoms with E-state index < -0.39 is 5.41 Å². The Labute approximate surface area is 113 Å². The molecule has 2 rings (SSSR count). The van der Waals surface area contributed by atoms with Crippen molar-refractivity contribution in [1.82, 2.24) is 9.78 Å². The smallest absolute Gasteiger partial charge is 0.161 e. The zero-order valence-corrected chi connectivity index (χ0v) is 11.8. The second kappa shape index (κ2) is 4.37. The number of nitrogens with zero attached hydrogens (tertiary/aromatic N) is 2. The lowest BCUT2D eigenvalue weighted by molar-refractivity contribution is -0.111. The van der Waals surface area contributed by atoms with Crippen molar-refractivity contribution in [3.63, 3.8) is 0 Å². The van der Waals surface area contributed by atoms with Gasteiger partial charge in [-0.25, -0.2) is 0 Å². The average Bonchev–Trinajstić information content (AvgIpc) is 2.67. The van der Waals surface area contributed by atoms with Crippen LogP contribution in [0.5, 0.6) is 5.75 Å². The second-order valence-electron chi connectivity index (χ2n) is 6.01. The lowest BCUT2D eigenvalue weighted by Gasteiger charge is -2.31. The predicted molar refractivity (Wildman–Crippen MR) is 74.3 cm³/mol. The lowest BCUT2D eigenvalue weighted by atomic mass is 9.79. The van der Waals surface area contributed by atoms with E-state index in [0.29, 0.717) is 17.8 Å². The van der Waals surface area contributed by atoms with Crippen molar-refractivity contribution >= 4 is 6.29 Å². The third kappa shape index (κ3) is 2.11. The van der Waals surface area contributed by atoms with Crippen LogP contribution in [0.1, 0.15) is 38.6 Å². The summed E-state index contributed by atoms with van der Waals surface area (Å²) in [7, 11) is 0. The standard InChI is InChI=1S/C15H20N2O2/c1-11-12(19)13(17(16-11)14(2,3)4)15(10-18)8-6-5-7-9-15/h5-8,10,19H,9H2,1-4H3. The van der Waals surface area contributed by atoms with Gasteiger partial charge in [-0.1, -0.05) is 24.3 Å². The molecule has 0 radical (unpaired) electrons. The fraction of sp³-hybridized carbons (Fsp3) is 0.467. The van der Waals surface area contributed by atoms with Gasteiger partial charge in [0.25, 0.3) is 0 Å². The molecule has 0 aliphatic heterocycles. The van der Waals surface area contributed by atoms with Gasteiger partial charge in [-0.3, -0.25) is 4.68 Å². The van der Waals surface area contributed by atoms with Gasteiger partial charge in [-0.05, 0) is 34.1 Å². The highest BCUT2D eigenvalue weighted by Gasteiger charge is 2.39. The molecule has 1 aliphatic carbocycles. The van der Waals surface area contributed by atoms with Gasteiger partial charge in [-0.15, -0.1) is 0 Å². The van der Waals surface area contributed by atoms with Crippen LogP contribution in [0.4, 0.5) is 0 Å². The number of aromatic hydroxyl groups is 1. The Balaban J connectivity index is 2.70. The van der Waals surface area contributed by atoms with Crippen LogP contribution < -0.4 is 0 Å². The van der Waals surface area contributed by atoms with Crippen LogP contribution in [-0.2, 0) is 15.7 Å². The average molecular weight is 260 g/mol. The van der Waals surface area contributed by atoms with E-state index in [9.17, 15) is 9.90 Å². The maximum absolute atomic E-state index is 11.7. The van der Waals surface area contributed by atoms with E-state index in [1.165, 1.54) is 0 Å². The fourth-order valence-corrected chi connectivity index (χ4v) is 2.38. The monoisotopic (exact) mass is 260 g/mol. The van der Waals surface area contributed by atoms with E-state index in [0.717, 1.165) is 6.29 Å². The minimum Gasteiger partial charge on any atom is -0.504 e. The van der Waals surface area contributed by atoms with Crippen LogP contribution in [0.2, 0.25) is 0 Å². The molecule has 4 nitrogen and oxygen atoms in total. The molecule has 0 spiro atoms. The topological polar surface area (TPSA) is 55.1 Å². The molecule has 1 atom stereocenters. The summed E-state index contributed by atoms with van der Waals surface area (Å²) in [4.78, 5) is 11.7. The Bertz CT molecular complexity index is 561. The van der Waals surface area contributed by atoms with Crippen molar-refractivity contribution < 1.29 is 9.90 Å². The van der Waals surface area contributed by atoms with Crippen LogP contribution in [0.25, 0.3) is 0 Å². The maximum Gasteiger partial charge on any atom is 0.161 e. The molecule has 0 bridgehead atoms. The normalized spacial score (nSPS) is 22.7. The predicted octanol–water partition coefficient (Wildman–Crippen LogP) is 2.60. The first-order valence-electron chi connectivity index (χ1n) is 6.42. The van der Waals surface area contributed by atoms with Crippen molar-refractivity contribution in [2.24, 2.45) is 0 Å². The third-order valence-electron chi connectivity index (χ3n) is 3.41. The van der Waals surface area contributed by atoms with E-state index >= 15 is 0 Å². The lowest BCUT2D eigenvalue weighted by Crippen LogP contribution is -2.35. The zero-order chi connectivity index (χ0) is 14.3. The molecule has 1 aromatic rings. The van der Waals surface area contributed by atoms with E-state index in [2.05, 4.69) is 5.10 Å². The van der Waals surface area contributed by atoms with Crippen molar-refractivity contribution in [3.8, 4) is 5.75 Å². The Morgan fingerprint density at radius 3 is 2.58 bits per heavy atom. The Morgan fingerprint density at radius 1 is 1.42 bits per heavy atom. The number of rotatable bonds is 2. The molecule has 1 N–H and O–H groups in total. The van der Waals surface area contributed by atoms with Crippen LogP contribution in [0.3, 0.4) is 0 Å². The Morgan fingerprint density at radius 2 is 2.11 bits per heavy atom. The van der Waals surface area contributed by atoms with Crippen LogP contribution in [0.15, 0.2) is 24.3 Å². The Hall–Kier alpha value is -1.84. The molecule has 0 fully saturated rings. The molecular formula is C15H20N2O2. The van der Waals surface area contributed by atoms with Crippen LogP contribution in [-0.4, -0.2) is 21.2 Å². The van der Waals surface area contributed by atoms with Crippen molar-refractivity contribution in [2.45, 2.75) is 45.1 Å². The summed E-state index contributed by atoms with van der Waals surface area (Å²) in [6.45, 7) is 7.76.